The Labute approximate surface area is 73.7 Å². The molecule has 0 aliphatic carbocycles. The molecule has 1 aliphatic heterocycles. The number of hydrogen-bond donors (Lipinski definition) is 0. The van der Waals surface area contributed by atoms with Crippen LogP contribution in [0, 0.1) is 13.0 Å². The van der Waals surface area contributed by atoms with Crippen molar-refractivity contribution in [1.82, 2.24) is 4.90 Å². The first-order chi connectivity index (χ1) is 5.74. The Balaban J connectivity index is 2.35. The molecule has 3 nitrogen and oxygen atoms in total. The smallest absolute Gasteiger partial charge is 0.310 e. The Hall–Kier alpha value is -0.570. The molecule has 0 unspecified atom stereocenters. The molecule has 0 radical (unpaired) electrons. The molecule has 0 aromatic rings. The van der Waals surface area contributed by atoms with Crippen LogP contribution in [-0.2, 0) is 9.53 Å². The lowest BCUT2D eigenvalue weighted by Crippen LogP contribution is -2.35. The number of hydrogen-bond acceptors (Lipinski definition) is 3. The van der Waals surface area contributed by atoms with Gasteiger partial charge in [-0.25, -0.2) is 0 Å². The lowest BCUT2D eigenvalue weighted by atomic mass is 9.99. The Morgan fingerprint density at radius 3 is 3.08 bits per heavy atom. The van der Waals surface area contributed by atoms with Crippen LogP contribution in [-0.4, -0.2) is 30.6 Å². The molecule has 1 atom stereocenters. The molecule has 1 aliphatic rings. The lowest BCUT2D eigenvalue weighted by molar-refractivity contribution is -0.149. The highest BCUT2D eigenvalue weighted by Crippen LogP contribution is 2.16. The highest BCUT2D eigenvalue weighted by molar-refractivity contribution is 5.72. The SMILES string of the molecule is [CH2-]N1CCC[C@@H](C(=O)OCC)C1. The van der Waals surface area contributed by atoms with Crippen LogP contribution in [0.25, 0.3) is 0 Å². The van der Waals surface area contributed by atoms with Gasteiger partial charge in [-0.15, -0.1) is 0 Å². The molecular formula is C9H16NO2-. The van der Waals surface area contributed by atoms with E-state index in [1.165, 1.54) is 0 Å². The monoisotopic (exact) mass is 170 g/mol. The third-order valence-corrected chi connectivity index (χ3v) is 2.13. The van der Waals surface area contributed by atoms with E-state index in [1.54, 1.807) is 0 Å². The van der Waals surface area contributed by atoms with Gasteiger partial charge >= 0.3 is 5.97 Å². The van der Waals surface area contributed by atoms with Gasteiger partial charge in [0.15, 0.2) is 0 Å². The van der Waals surface area contributed by atoms with Gasteiger partial charge in [-0.1, -0.05) is 0 Å². The van der Waals surface area contributed by atoms with Crippen LogP contribution in [0.3, 0.4) is 0 Å². The van der Waals surface area contributed by atoms with Gasteiger partial charge in [-0.3, -0.25) is 11.8 Å². The van der Waals surface area contributed by atoms with Crippen molar-refractivity contribution in [1.29, 1.82) is 0 Å². The molecule has 0 saturated carbocycles. The summed E-state index contributed by atoms with van der Waals surface area (Å²) in [5.74, 6) is -0.0120. The molecule has 0 aromatic carbocycles. The van der Waals surface area contributed by atoms with Gasteiger partial charge in [0, 0.05) is 0 Å². The minimum absolute atomic E-state index is 0.0520. The van der Waals surface area contributed by atoms with Crippen molar-refractivity contribution in [2.75, 3.05) is 19.7 Å². The summed E-state index contributed by atoms with van der Waals surface area (Å²) < 4.78 is 4.94. The Kier molecular flexibility index (Phi) is 3.53. The number of rotatable bonds is 2. The van der Waals surface area contributed by atoms with E-state index in [4.69, 9.17) is 4.74 Å². The number of nitrogens with zero attached hydrogens (tertiary/aromatic N) is 1. The molecule has 0 amide bonds. The number of carbonyl (C=O) groups is 1. The Morgan fingerprint density at radius 1 is 1.75 bits per heavy atom. The predicted octanol–water partition coefficient (Wildman–Crippen LogP) is 1.05. The largest absolute Gasteiger partial charge is 0.466 e. The summed E-state index contributed by atoms with van der Waals surface area (Å²) in [4.78, 5) is 13.2. The van der Waals surface area contributed by atoms with Crippen molar-refractivity contribution in [3.63, 3.8) is 0 Å². The summed E-state index contributed by atoms with van der Waals surface area (Å²) in [6.07, 6.45) is 2.00. The fraction of sp³-hybridized carbons (Fsp3) is 0.778. The van der Waals surface area contributed by atoms with Gasteiger partial charge in [0.2, 0.25) is 0 Å². The number of ether oxygens (including phenoxy) is 1. The number of esters is 1. The molecule has 0 N–H and O–H groups in total. The average molecular weight is 170 g/mol. The molecule has 1 rings (SSSR count). The van der Waals surface area contributed by atoms with E-state index in [0.717, 1.165) is 25.9 Å². The zero-order valence-corrected chi connectivity index (χ0v) is 7.58. The van der Waals surface area contributed by atoms with Gasteiger partial charge in [-0.2, -0.15) is 0 Å². The first-order valence-corrected chi connectivity index (χ1v) is 4.46. The fourth-order valence-electron chi connectivity index (χ4n) is 1.51. The molecular weight excluding hydrogens is 154 g/mol. The van der Waals surface area contributed by atoms with Crippen molar-refractivity contribution < 1.29 is 9.53 Å². The second-order valence-corrected chi connectivity index (χ2v) is 3.17. The topological polar surface area (TPSA) is 29.5 Å². The summed E-state index contributed by atoms with van der Waals surface area (Å²) >= 11 is 0. The third-order valence-electron chi connectivity index (χ3n) is 2.13. The predicted molar refractivity (Wildman–Crippen MR) is 46.3 cm³/mol. The normalized spacial score (nSPS) is 25.3. The van der Waals surface area contributed by atoms with Crippen LogP contribution >= 0.6 is 0 Å². The van der Waals surface area contributed by atoms with Gasteiger partial charge in [0.1, 0.15) is 0 Å². The minimum Gasteiger partial charge on any atom is -0.466 e. The maximum absolute atomic E-state index is 11.3. The van der Waals surface area contributed by atoms with Gasteiger partial charge < -0.3 is 9.64 Å². The van der Waals surface area contributed by atoms with Crippen LogP contribution in [0.2, 0.25) is 0 Å². The standard InChI is InChI=1S/C9H16NO2/c1-3-12-9(11)8-5-4-6-10(2)7-8/h8H,2-7H2,1H3/q-1/t8-/m1/s1. The highest BCUT2D eigenvalue weighted by Gasteiger charge is 2.22. The highest BCUT2D eigenvalue weighted by atomic mass is 16.5. The Bertz CT molecular complexity index is 159. The fourth-order valence-corrected chi connectivity index (χ4v) is 1.51. The number of likely N-dealkylation sites (tertiary alicyclic amines) is 1. The minimum atomic E-state index is -0.0640. The van der Waals surface area contributed by atoms with E-state index >= 15 is 0 Å². The third kappa shape index (κ3) is 2.48. The zero-order valence-electron chi connectivity index (χ0n) is 7.58. The van der Waals surface area contributed by atoms with Crippen LogP contribution in [0.5, 0.6) is 0 Å². The van der Waals surface area contributed by atoms with Gasteiger partial charge in [-0.05, 0) is 32.9 Å². The van der Waals surface area contributed by atoms with E-state index in [1.807, 2.05) is 11.8 Å². The molecule has 3 heteroatoms. The molecule has 12 heavy (non-hydrogen) atoms. The van der Waals surface area contributed by atoms with Crippen molar-refractivity contribution in [2.45, 2.75) is 19.8 Å². The first kappa shape index (κ1) is 9.52. The maximum Gasteiger partial charge on any atom is 0.310 e. The van der Waals surface area contributed by atoms with E-state index in [0.29, 0.717) is 6.61 Å². The maximum atomic E-state index is 11.3. The van der Waals surface area contributed by atoms with Crippen molar-refractivity contribution in [2.24, 2.45) is 5.92 Å². The van der Waals surface area contributed by atoms with Gasteiger partial charge in [0.25, 0.3) is 0 Å². The Morgan fingerprint density at radius 2 is 2.50 bits per heavy atom. The van der Waals surface area contributed by atoms with E-state index < -0.39 is 0 Å². The van der Waals surface area contributed by atoms with Crippen LogP contribution in [0.15, 0.2) is 0 Å². The lowest BCUT2D eigenvalue weighted by Gasteiger charge is -2.33. The van der Waals surface area contributed by atoms with Crippen molar-refractivity contribution in [3.05, 3.63) is 7.05 Å². The van der Waals surface area contributed by atoms with E-state index in [-0.39, 0.29) is 11.9 Å². The summed E-state index contributed by atoms with van der Waals surface area (Å²) in [6.45, 7) is 4.06. The molecule has 0 aromatic heterocycles. The molecule has 0 spiro atoms. The summed E-state index contributed by atoms with van der Waals surface area (Å²) in [7, 11) is 3.82. The van der Waals surface area contributed by atoms with Gasteiger partial charge in [0.05, 0.1) is 12.5 Å². The quantitative estimate of drug-likeness (QED) is 0.458. The van der Waals surface area contributed by atoms with Crippen LogP contribution in [0.4, 0.5) is 0 Å². The summed E-state index contributed by atoms with van der Waals surface area (Å²) in [6, 6.07) is 0. The van der Waals surface area contributed by atoms with Crippen LogP contribution < -0.4 is 0 Å². The number of piperidine rings is 1. The molecule has 70 valence electrons. The molecule has 1 fully saturated rings. The van der Waals surface area contributed by atoms with E-state index in [9.17, 15) is 4.79 Å². The second kappa shape index (κ2) is 4.45. The first-order valence-electron chi connectivity index (χ1n) is 4.46. The molecule has 0 bridgehead atoms. The number of carbonyl (C=O) groups excluding carboxylic acids is 1. The van der Waals surface area contributed by atoms with Crippen LogP contribution in [0.1, 0.15) is 19.8 Å². The zero-order chi connectivity index (χ0) is 8.97. The molecule has 1 heterocycles. The van der Waals surface area contributed by atoms with E-state index in [2.05, 4.69) is 7.05 Å². The van der Waals surface area contributed by atoms with Crippen molar-refractivity contribution >= 4 is 5.97 Å². The average Bonchev–Trinajstić information content (AvgIpc) is 2.05. The molecule has 1 saturated heterocycles. The summed E-state index contributed by atoms with van der Waals surface area (Å²) in [5.41, 5.74) is 0. The second-order valence-electron chi connectivity index (χ2n) is 3.17. The van der Waals surface area contributed by atoms with Crippen molar-refractivity contribution in [3.8, 4) is 0 Å². The summed E-state index contributed by atoms with van der Waals surface area (Å²) in [5, 5.41) is 0.